The first-order chi connectivity index (χ1) is 5.31. The van der Waals surface area contributed by atoms with Gasteiger partial charge in [0.1, 0.15) is 6.61 Å². The Balaban J connectivity index is 3.09. The maximum Gasteiger partial charge on any atom is 0.342 e. The zero-order chi connectivity index (χ0) is 8.53. The van der Waals surface area contributed by atoms with Crippen molar-refractivity contribution >= 4 is 28.6 Å². The molecule has 0 atom stereocenters. The number of halogens is 1. The summed E-state index contributed by atoms with van der Waals surface area (Å²) in [7, 11) is 0. The molecule has 0 N–H and O–H groups in total. The fraction of sp³-hybridized carbons (Fsp3) is 0.857. The summed E-state index contributed by atoms with van der Waals surface area (Å²) in [4.78, 5) is 19.8. The number of hydrogen-bond acceptors (Lipinski definition) is 3. The lowest BCUT2D eigenvalue weighted by Crippen LogP contribution is -2.06. The Morgan fingerprint density at radius 3 is 2.82 bits per heavy atom. The minimum atomic E-state index is -0.267. The fourth-order valence-corrected chi connectivity index (χ4v) is 0.681. The molecule has 0 aromatic rings. The van der Waals surface area contributed by atoms with Crippen LogP contribution < -0.4 is 0 Å². The van der Waals surface area contributed by atoms with E-state index in [0.717, 1.165) is 17.3 Å². The molecule has 4 heteroatoms. The van der Waals surface area contributed by atoms with Crippen LogP contribution in [-0.2, 0) is 14.6 Å². The van der Waals surface area contributed by atoms with Crippen LogP contribution in [0.2, 0.25) is 0 Å². The normalized spacial score (nSPS) is 9.64. The Morgan fingerprint density at radius 2 is 2.27 bits per heavy atom. The summed E-state index contributed by atoms with van der Waals surface area (Å²) in [5, 5.41) is 0. The van der Waals surface area contributed by atoms with Crippen molar-refractivity contribution in [2.45, 2.75) is 26.2 Å². The number of alkyl halides is 1. The highest BCUT2D eigenvalue weighted by Gasteiger charge is 2.01. The van der Waals surface area contributed by atoms with Crippen LogP contribution in [0.3, 0.4) is 0 Å². The summed E-state index contributed by atoms with van der Waals surface area (Å²) in [6.45, 7) is 2.50. The largest absolute Gasteiger partial charge is 0.342 e. The first kappa shape index (κ1) is 11.2. The standard InChI is InChI=1S/C7H13IO3/c1-2-3-4-7(9)11-10-6-5-8/h2-6H2,1H3. The monoisotopic (exact) mass is 272 g/mol. The number of carbonyl (C=O) groups is 1. The van der Waals surface area contributed by atoms with Gasteiger partial charge >= 0.3 is 5.97 Å². The summed E-state index contributed by atoms with van der Waals surface area (Å²) in [5.74, 6) is -0.267. The van der Waals surface area contributed by atoms with Crippen molar-refractivity contribution in [3.05, 3.63) is 0 Å². The third-order valence-electron chi connectivity index (χ3n) is 1.05. The number of unbranched alkanes of at least 4 members (excludes halogenated alkanes) is 1. The molecule has 0 heterocycles. The maximum atomic E-state index is 10.7. The molecule has 0 aliphatic heterocycles. The van der Waals surface area contributed by atoms with Crippen molar-refractivity contribution in [1.29, 1.82) is 0 Å². The van der Waals surface area contributed by atoms with Crippen molar-refractivity contribution in [2.24, 2.45) is 0 Å². The van der Waals surface area contributed by atoms with E-state index < -0.39 is 0 Å². The van der Waals surface area contributed by atoms with Crippen LogP contribution in [0.15, 0.2) is 0 Å². The zero-order valence-electron chi connectivity index (χ0n) is 6.64. The second-order valence-electron chi connectivity index (χ2n) is 2.07. The molecule has 0 saturated carbocycles. The third-order valence-corrected chi connectivity index (χ3v) is 1.49. The van der Waals surface area contributed by atoms with Crippen molar-refractivity contribution in [1.82, 2.24) is 0 Å². The van der Waals surface area contributed by atoms with Crippen molar-refractivity contribution < 1.29 is 14.6 Å². The van der Waals surface area contributed by atoms with Crippen LogP contribution in [-0.4, -0.2) is 17.0 Å². The Hall–Kier alpha value is 0.160. The Morgan fingerprint density at radius 1 is 1.55 bits per heavy atom. The van der Waals surface area contributed by atoms with Gasteiger partial charge in [-0.3, -0.25) is 4.89 Å². The van der Waals surface area contributed by atoms with Crippen molar-refractivity contribution in [3.63, 3.8) is 0 Å². The van der Waals surface area contributed by atoms with E-state index in [1.807, 2.05) is 6.92 Å². The number of rotatable bonds is 6. The molecule has 0 radical (unpaired) electrons. The SMILES string of the molecule is CCCCC(=O)OOCCI. The van der Waals surface area contributed by atoms with E-state index in [1.54, 1.807) is 0 Å². The molecular weight excluding hydrogens is 259 g/mol. The molecule has 0 fully saturated rings. The first-order valence-corrected chi connectivity index (χ1v) is 5.22. The second-order valence-corrected chi connectivity index (χ2v) is 3.15. The van der Waals surface area contributed by atoms with Gasteiger partial charge in [0.15, 0.2) is 0 Å². The van der Waals surface area contributed by atoms with E-state index in [0.29, 0.717) is 13.0 Å². The van der Waals surface area contributed by atoms with Gasteiger partial charge in [-0.05, 0) is 6.42 Å². The lowest BCUT2D eigenvalue weighted by atomic mass is 10.3. The lowest BCUT2D eigenvalue weighted by Gasteiger charge is -2.00. The molecule has 0 aliphatic carbocycles. The van der Waals surface area contributed by atoms with Crippen LogP contribution in [0, 0.1) is 0 Å². The van der Waals surface area contributed by atoms with E-state index in [1.165, 1.54) is 0 Å². The van der Waals surface area contributed by atoms with Gasteiger partial charge in [-0.25, -0.2) is 4.79 Å². The van der Waals surface area contributed by atoms with Crippen molar-refractivity contribution in [2.75, 3.05) is 11.0 Å². The summed E-state index contributed by atoms with van der Waals surface area (Å²) >= 11 is 2.15. The van der Waals surface area contributed by atoms with Gasteiger partial charge in [0.05, 0.1) is 0 Å². The van der Waals surface area contributed by atoms with Crippen molar-refractivity contribution in [3.8, 4) is 0 Å². The van der Waals surface area contributed by atoms with E-state index in [2.05, 4.69) is 32.4 Å². The van der Waals surface area contributed by atoms with E-state index in [-0.39, 0.29) is 5.97 Å². The molecule has 11 heavy (non-hydrogen) atoms. The quantitative estimate of drug-likeness (QED) is 0.244. The molecule has 0 spiro atoms. The Kier molecular flexibility index (Phi) is 8.38. The highest BCUT2D eigenvalue weighted by atomic mass is 127. The van der Waals surface area contributed by atoms with Crippen LogP contribution >= 0.6 is 22.6 Å². The zero-order valence-corrected chi connectivity index (χ0v) is 8.80. The van der Waals surface area contributed by atoms with E-state index >= 15 is 0 Å². The molecular formula is C7H13IO3. The second kappa shape index (κ2) is 8.26. The number of carbonyl (C=O) groups excluding carboxylic acids is 1. The van der Waals surface area contributed by atoms with Crippen LogP contribution in [0.25, 0.3) is 0 Å². The predicted octanol–water partition coefficient (Wildman–Crippen LogP) is 2.09. The van der Waals surface area contributed by atoms with Gasteiger partial charge < -0.3 is 0 Å². The van der Waals surface area contributed by atoms with Crippen LogP contribution in [0.4, 0.5) is 0 Å². The predicted molar refractivity (Wildman–Crippen MR) is 50.5 cm³/mol. The summed E-state index contributed by atoms with van der Waals surface area (Å²) in [6, 6.07) is 0. The molecule has 0 amide bonds. The minimum absolute atomic E-state index is 0.267. The minimum Gasteiger partial charge on any atom is -0.298 e. The van der Waals surface area contributed by atoms with Gasteiger partial charge in [0, 0.05) is 10.8 Å². The number of hydrogen-bond donors (Lipinski definition) is 0. The van der Waals surface area contributed by atoms with Gasteiger partial charge in [0.2, 0.25) is 0 Å². The summed E-state index contributed by atoms with van der Waals surface area (Å²) in [6.07, 6.45) is 2.32. The average Bonchev–Trinajstić information content (AvgIpc) is 2.01. The summed E-state index contributed by atoms with van der Waals surface area (Å²) < 4.78 is 0.832. The first-order valence-electron chi connectivity index (χ1n) is 3.69. The molecule has 0 aromatic heterocycles. The van der Waals surface area contributed by atoms with Gasteiger partial charge in [0.25, 0.3) is 0 Å². The molecule has 0 bridgehead atoms. The molecule has 0 saturated heterocycles. The van der Waals surface area contributed by atoms with Crippen LogP contribution in [0.1, 0.15) is 26.2 Å². The molecule has 66 valence electrons. The average molecular weight is 272 g/mol. The molecule has 0 aromatic carbocycles. The Labute approximate surface area is 80.5 Å². The molecule has 0 aliphatic rings. The van der Waals surface area contributed by atoms with E-state index in [4.69, 9.17) is 0 Å². The molecule has 0 unspecified atom stereocenters. The third kappa shape index (κ3) is 8.06. The van der Waals surface area contributed by atoms with E-state index in [9.17, 15) is 4.79 Å². The van der Waals surface area contributed by atoms with Gasteiger partial charge in [-0.15, -0.1) is 0 Å². The molecule has 3 nitrogen and oxygen atoms in total. The molecule has 0 rings (SSSR count). The highest BCUT2D eigenvalue weighted by Crippen LogP contribution is 1.96. The summed E-state index contributed by atoms with van der Waals surface area (Å²) in [5.41, 5.74) is 0. The topological polar surface area (TPSA) is 35.5 Å². The van der Waals surface area contributed by atoms with Gasteiger partial charge in [-0.2, -0.15) is 4.89 Å². The lowest BCUT2D eigenvalue weighted by molar-refractivity contribution is -0.268. The van der Waals surface area contributed by atoms with Crippen LogP contribution in [0.5, 0.6) is 0 Å². The smallest absolute Gasteiger partial charge is 0.298 e. The highest BCUT2D eigenvalue weighted by molar-refractivity contribution is 14.1. The van der Waals surface area contributed by atoms with Gasteiger partial charge in [-0.1, -0.05) is 35.9 Å². The maximum absolute atomic E-state index is 10.7. The fourth-order valence-electron chi connectivity index (χ4n) is 0.502. The Bertz CT molecular complexity index is 106.